The van der Waals surface area contributed by atoms with Crippen molar-refractivity contribution in [3.05, 3.63) is 49.1 Å². The topological polar surface area (TPSA) is 110 Å². The van der Waals surface area contributed by atoms with E-state index in [1.54, 1.807) is 54.7 Å². The summed E-state index contributed by atoms with van der Waals surface area (Å²) >= 11 is -0.826. The molecule has 0 spiro atoms. The van der Waals surface area contributed by atoms with E-state index in [1.165, 1.54) is 14.2 Å². The number of methoxy groups -OCH3 is 3. The molecule has 2 aromatic rings. The van der Waals surface area contributed by atoms with Gasteiger partial charge in [-0.25, -0.2) is 0 Å². The molecule has 0 aliphatic carbocycles. The van der Waals surface area contributed by atoms with Crippen molar-refractivity contribution < 1.29 is 64.0 Å². The van der Waals surface area contributed by atoms with Crippen molar-refractivity contribution in [2.75, 3.05) is 27.9 Å². The molecule has 11 heteroatoms. The fourth-order valence-electron chi connectivity index (χ4n) is 3.90. The number of halogens is 1. The number of rotatable bonds is 11. The Kier molecular flexibility index (Phi) is 13.4. The van der Waals surface area contributed by atoms with E-state index in [-0.39, 0.29) is 11.8 Å². The van der Waals surface area contributed by atoms with E-state index in [0.717, 1.165) is 19.3 Å². The first kappa shape index (κ1) is 38.0. The zero-order chi connectivity index (χ0) is 34.2. The van der Waals surface area contributed by atoms with Gasteiger partial charge in [0.15, 0.2) is 0 Å². The Balaban J connectivity index is 2.55. The van der Waals surface area contributed by atoms with Crippen molar-refractivity contribution in [1.29, 1.82) is 0 Å². The van der Waals surface area contributed by atoms with Crippen LogP contribution in [0.15, 0.2) is 36.4 Å². The van der Waals surface area contributed by atoms with Crippen molar-refractivity contribution in [2.45, 2.75) is 92.4 Å². The van der Waals surface area contributed by atoms with Crippen LogP contribution >= 0.6 is 0 Å². The number of ether oxygens (including phenoxy) is 6. The Hall–Kier alpha value is -3.22. The molecular formula is C34H49INO9-. The quantitative estimate of drug-likeness (QED) is 0.193. The normalized spacial score (nSPS) is 12.6. The van der Waals surface area contributed by atoms with E-state index in [4.69, 9.17) is 28.4 Å². The second kappa shape index (κ2) is 15.9. The van der Waals surface area contributed by atoms with Gasteiger partial charge in [-0.3, -0.25) is 0 Å². The third-order valence-electron chi connectivity index (χ3n) is 6.08. The van der Waals surface area contributed by atoms with Gasteiger partial charge in [0, 0.05) is 0 Å². The second-order valence-corrected chi connectivity index (χ2v) is 16.5. The molecule has 0 fully saturated rings. The summed E-state index contributed by atoms with van der Waals surface area (Å²) in [5.41, 5.74) is -1.03. The van der Waals surface area contributed by atoms with E-state index >= 15 is 0 Å². The van der Waals surface area contributed by atoms with Gasteiger partial charge in [-0.15, -0.1) is 0 Å². The minimum atomic E-state index is -1.39. The molecule has 10 nitrogen and oxygen atoms in total. The van der Waals surface area contributed by atoms with Gasteiger partial charge < -0.3 is 0 Å². The fraction of sp³-hybridized carbons (Fsp3) is 0.559. The van der Waals surface area contributed by atoms with Crippen molar-refractivity contribution in [1.82, 2.24) is 4.90 Å². The predicted molar refractivity (Wildman–Crippen MR) is 167 cm³/mol. The number of hydrogen-bond acceptors (Lipinski definition) is 9. The SMILES string of the molecule is COC(=O)[C@H](Cc1cc(OC)c(OC)cc1[I-]c1ccc(OCCC(C)(C)C)cc1)N(C(=O)OC(C)(C)C)C(=O)OC(C)(C)C. The molecule has 0 bridgehead atoms. The van der Waals surface area contributed by atoms with E-state index in [9.17, 15) is 14.4 Å². The number of carbonyl (C=O) groups excluding carboxylic acids is 3. The summed E-state index contributed by atoms with van der Waals surface area (Å²) in [6, 6.07) is 10.2. The molecule has 45 heavy (non-hydrogen) atoms. The minimum absolute atomic E-state index is 0.0748. The molecule has 2 rings (SSSR count). The van der Waals surface area contributed by atoms with Crippen molar-refractivity contribution in [2.24, 2.45) is 5.41 Å². The molecule has 252 valence electrons. The maximum absolute atomic E-state index is 13.4. The van der Waals surface area contributed by atoms with Crippen molar-refractivity contribution >= 4 is 18.2 Å². The maximum atomic E-state index is 13.4. The second-order valence-electron chi connectivity index (χ2n) is 13.6. The molecule has 0 heterocycles. The van der Waals surface area contributed by atoms with E-state index in [1.807, 2.05) is 30.3 Å². The van der Waals surface area contributed by atoms with Gasteiger partial charge >= 0.3 is 279 Å². The average molecular weight is 743 g/mol. The molecule has 0 aromatic heterocycles. The van der Waals surface area contributed by atoms with E-state index < -0.39 is 56.6 Å². The summed E-state index contributed by atoms with van der Waals surface area (Å²) in [6.45, 7) is 17.2. The summed E-state index contributed by atoms with van der Waals surface area (Å²) in [6.07, 6.45) is -1.19. The van der Waals surface area contributed by atoms with Crippen LogP contribution in [0.3, 0.4) is 0 Å². The molecule has 2 amide bonds. The number of carbonyl (C=O) groups is 3. The fourth-order valence-corrected chi connectivity index (χ4v) is 6.45. The molecule has 0 unspecified atom stereocenters. The summed E-state index contributed by atoms with van der Waals surface area (Å²) in [5, 5.41) is 0. The van der Waals surface area contributed by atoms with Crippen LogP contribution in [0.25, 0.3) is 0 Å². The van der Waals surface area contributed by atoms with Gasteiger partial charge in [-0.2, -0.15) is 0 Å². The molecule has 1 atom stereocenters. The first-order valence-corrected chi connectivity index (χ1v) is 16.9. The Morgan fingerprint density at radius 2 is 1.29 bits per heavy atom. The molecule has 0 N–H and O–H groups in total. The number of benzene rings is 2. The number of esters is 1. The van der Waals surface area contributed by atoms with Crippen LogP contribution in [-0.4, -0.2) is 68.2 Å². The monoisotopic (exact) mass is 742 g/mol. The van der Waals surface area contributed by atoms with Gasteiger partial charge in [-0.1, -0.05) is 0 Å². The van der Waals surface area contributed by atoms with Crippen LogP contribution in [0, 0.1) is 12.6 Å². The number of amides is 2. The molecule has 0 aliphatic heterocycles. The van der Waals surface area contributed by atoms with Crippen LogP contribution in [0.1, 0.15) is 74.3 Å². The Morgan fingerprint density at radius 1 is 0.778 bits per heavy atom. The van der Waals surface area contributed by atoms with Crippen LogP contribution in [0.4, 0.5) is 9.59 Å². The predicted octanol–water partition coefficient (Wildman–Crippen LogP) is 3.90. The summed E-state index contributed by atoms with van der Waals surface area (Å²) in [5.74, 6) is 0.939. The number of hydrogen-bond donors (Lipinski definition) is 0. The third kappa shape index (κ3) is 12.6. The Labute approximate surface area is 278 Å². The molecule has 0 saturated heterocycles. The van der Waals surface area contributed by atoms with E-state index in [2.05, 4.69) is 20.8 Å². The van der Waals surface area contributed by atoms with Crippen molar-refractivity contribution in [3.8, 4) is 17.2 Å². The Bertz CT molecular complexity index is 1280. The first-order valence-electron chi connectivity index (χ1n) is 14.7. The molecule has 2 aromatic carbocycles. The number of imide groups is 1. The molecule has 0 radical (unpaired) electrons. The average Bonchev–Trinajstić information content (AvgIpc) is 2.90. The zero-order valence-corrected chi connectivity index (χ0v) is 30.8. The van der Waals surface area contributed by atoms with Gasteiger partial charge in [0.2, 0.25) is 0 Å². The van der Waals surface area contributed by atoms with Gasteiger partial charge in [-0.05, 0) is 0 Å². The van der Waals surface area contributed by atoms with E-state index in [0.29, 0.717) is 28.6 Å². The van der Waals surface area contributed by atoms with Crippen molar-refractivity contribution in [3.63, 3.8) is 0 Å². The van der Waals surface area contributed by atoms with Crippen LogP contribution in [-0.2, 0) is 25.4 Å². The molecular weight excluding hydrogens is 693 g/mol. The van der Waals surface area contributed by atoms with Crippen LogP contribution < -0.4 is 35.4 Å². The molecule has 0 aliphatic rings. The standard InChI is InChI=1S/C34H49INO9/c1-32(2,3)17-18-43-24-15-13-23(14-16-24)35-25-21-28(41-11)27(40-10)20-22(25)19-26(29(37)42-12)36(30(38)44-33(4,5)6)31(39)45-34(7,8)9/h13-16,20-21,26H,17-19H2,1-12H3/q-1/t26-/m0/s1. The van der Waals surface area contributed by atoms with Gasteiger partial charge in [0.25, 0.3) is 0 Å². The first-order chi connectivity index (χ1) is 20.8. The number of nitrogens with zero attached hydrogens (tertiary/aromatic N) is 1. The summed E-state index contributed by atoms with van der Waals surface area (Å²) in [7, 11) is 4.26. The van der Waals surface area contributed by atoms with Crippen LogP contribution in [0.2, 0.25) is 0 Å². The zero-order valence-electron chi connectivity index (χ0n) is 28.7. The van der Waals surface area contributed by atoms with Crippen LogP contribution in [0.5, 0.6) is 17.2 Å². The van der Waals surface area contributed by atoms with Gasteiger partial charge in [0.1, 0.15) is 0 Å². The summed E-state index contributed by atoms with van der Waals surface area (Å²) in [4.78, 5) is 40.9. The summed E-state index contributed by atoms with van der Waals surface area (Å²) < 4.78 is 35.3. The Morgan fingerprint density at radius 3 is 1.73 bits per heavy atom. The third-order valence-corrected chi connectivity index (χ3v) is 9.00. The molecule has 0 saturated carbocycles. The van der Waals surface area contributed by atoms with Gasteiger partial charge in [0.05, 0.1) is 0 Å².